The van der Waals surface area contributed by atoms with Gasteiger partial charge in [0.2, 0.25) is 0 Å². The van der Waals surface area contributed by atoms with E-state index in [0.29, 0.717) is 10.9 Å². The smallest absolute Gasteiger partial charge is 0.423 e. The Kier molecular flexibility index (Phi) is 2.34. The highest BCUT2D eigenvalue weighted by Crippen LogP contribution is 2.63. The van der Waals surface area contributed by atoms with Gasteiger partial charge in [-0.05, 0) is 48.0 Å². The lowest BCUT2D eigenvalue weighted by Gasteiger charge is -2.56. The van der Waals surface area contributed by atoms with E-state index in [4.69, 9.17) is 10.0 Å². The Hall–Kier alpha value is -0.795. The van der Waals surface area contributed by atoms with Crippen LogP contribution in [0.1, 0.15) is 43.6 Å². The van der Waals surface area contributed by atoms with Gasteiger partial charge in [0.15, 0.2) is 0 Å². The molecule has 2 nitrogen and oxygen atoms in total. The number of hydrogen-bond donors (Lipinski definition) is 2. The predicted molar refractivity (Wildman–Crippen MR) is 64.5 cm³/mol. The van der Waals surface area contributed by atoms with Crippen molar-refractivity contribution in [2.75, 3.05) is 0 Å². The molecule has 0 heterocycles. The summed E-state index contributed by atoms with van der Waals surface area (Å²) in [5, 5.41) is 18.1. The zero-order valence-corrected chi connectivity index (χ0v) is 9.39. The zero-order chi connectivity index (χ0) is 11.2. The van der Waals surface area contributed by atoms with Gasteiger partial charge in [0, 0.05) is 0 Å². The minimum Gasteiger partial charge on any atom is -0.423 e. The fourth-order valence-corrected chi connectivity index (χ4v) is 3.35. The molecule has 1 atom stereocenters. The first kappa shape index (κ1) is 10.4. The SMILES string of the molecule is OB(O)c1ccc(C2CCC23CCC3)cc1. The van der Waals surface area contributed by atoms with E-state index in [1.165, 1.54) is 37.7 Å². The van der Waals surface area contributed by atoms with E-state index < -0.39 is 7.12 Å². The molecule has 0 amide bonds. The molecule has 16 heavy (non-hydrogen) atoms. The topological polar surface area (TPSA) is 40.5 Å². The largest absolute Gasteiger partial charge is 0.488 e. The van der Waals surface area contributed by atoms with Crippen LogP contribution in [-0.2, 0) is 0 Å². The maximum Gasteiger partial charge on any atom is 0.488 e. The molecule has 2 N–H and O–H groups in total. The summed E-state index contributed by atoms with van der Waals surface area (Å²) >= 11 is 0. The molecule has 0 saturated heterocycles. The summed E-state index contributed by atoms with van der Waals surface area (Å²) in [5.41, 5.74) is 2.60. The van der Waals surface area contributed by atoms with Gasteiger partial charge in [-0.3, -0.25) is 0 Å². The number of benzene rings is 1. The number of hydrogen-bond acceptors (Lipinski definition) is 2. The van der Waals surface area contributed by atoms with E-state index in [1.807, 2.05) is 12.1 Å². The molecule has 1 aromatic carbocycles. The van der Waals surface area contributed by atoms with Gasteiger partial charge in [0.1, 0.15) is 0 Å². The van der Waals surface area contributed by atoms with E-state index in [9.17, 15) is 0 Å². The molecule has 0 bridgehead atoms. The van der Waals surface area contributed by atoms with E-state index in [-0.39, 0.29) is 0 Å². The van der Waals surface area contributed by atoms with Gasteiger partial charge < -0.3 is 10.0 Å². The molecule has 1 unspecified atom stereocenters. The second-order valence-corrected chi connectivity index (χ2v) is 5.35. The van der Waals surface area contributed by atoms with Gasteiger partial charge in [0.05, 0.1) is 0 Å². The van der Waals surface area contributed by atoms with Crippen LogP contribution in [0.15, 0.2) is 24.3 Å². The molecule has 3 rings (SSSR count). The highest BCUT2D eigenvalue weighted by molar-refractivity contribution is 6.58. The molecule has 84 valence electrons. The summed E-state index contributed by atoms with van der Waals surface area (Å²) in [5.74, 6) is 0.728. The molecule has 0 radical (unpaired) electrons. The highest BCUT2D eigenvalue weighted by Gasteiger charge is 2.50. The Morgan fingerprint density at radius 3 is 2.12 bits per heavy atom. The van der Waals surface area contributed by atoms with Gasteiger partial charge >= 0.3 is 7.12 Å². The summed E-state index contributed by atoms with van der Waals surface area (Å²) in [4.78, 5) is 0. The van der Waals surface area contributed by atoms with Crippen molar-refractivity contribution in [3.05, 3.63) is 29.8 Å². The normalized spacial score (nSPS) is 26.0. The van der Waals surface area contributed by atoms with E-state index in [0.717, 1.165) is 5.92 Å². The second-order valence-electron chi connectivity index (χ2n) is 5.35. The van der Waals surface area contributed by atoms with Crippen LogP contribution < -0.4 is 5.46 Å². The van der Waals surface area contributed by atoms with Crippen molar-refractivity contribution in [1.82, 2.24) is 0 Å². The van der Waals surface area contributed by atoms with Crippen LogP contribution >= 0.6 is 0 Å². The fraction of sp³-hybridized carbons (Fsp3) is 0.538. The van der Waals surface area contributed by atoms with Gasteiger partial charge in [-0.1, -0.05) is 30.7 Å². The van der Waals surface area contributed by atoms with Crippen LogP contribution in [-0.4, -0.2) is 17.2 Å². The van der Waals surface area contributed by atoms with Crippen molar-refractivity contribution in [2.24, 2.45) is 5.41 Å². The molecule has 2 fully saturated rings. The Bertz CT molecular complexity index is 376. The first-order chi connectivity index (χ1) is 7.71. The summed E-state index contributed by atoms with van der Waals surface area (Å²) in [6, 6.07) is 7.81. The van der Waals surface area contributed by atoms with Crippen molar-refractivity contribution in [1.29, 1.82) is 0 Å². The van der Waals surface area contributed by atoms with Crippen LogP contribution in [0.4, 0.5) is 0 Å². The summed E-state index contributed by atoms with van der Waals surface area (Å²) < 4.78 is 0. The van der Waals surface area contributed by atoms with Crippen molar-refractivity contribution < 1.29 is 10.0 Å². The van der Waals surface area contributed by atoms with Crippen molar-refractivity contribution in [3.63, 3.8) is 0 Å². The van der Waals surface area contributed by atoms with E-state index in [2.05, 4.69) is 12.1 Å². The minimum absolute atomic E-state index is 0.589. The average Bonchev–Trinajstić information content (AvgIpc) is 2.14. The molecule has 3 heteroatoms. The number of rotatable bonds is 2. The molecule has 2 aliphatic rings. The average molecular weight is 216 g/mol. The molecule has 2 saturated carbocycles. The van der Waals surface area contributed by atoms with Crippen LogP contribution in [0.5, 0.6) is 0 Å². The molecular formula is C13H17BO2. The molecule has 1 aromatic rings. The first-order valence-electron chi connectivity index (χ1n) is 6.17. The molecular weight excluding hydrogens is 199 g/mol. The molecule has 2 aliphatic carbocycles. The summed E-state index contributed by atoms with van der Waals surface area (Å²) in [6.07, 6.45) is 6.87. The van der Waals surface area contributed by atoms with Crippen molar-refractivity contribution in [2.45, 2.75) is 38.0 Å². The molecule has 0 aliphatic heterocycles. The third kappa shape index (κ3) is 1.42. The van der Waals surface area contributed by atoms with Crippen molar-refractivity contribution >= 4 is 12.6 Å². The maximum absolute atomic E-state index is 9.04. The third-order valence-corrected chi connectivity index (χ3v) is 4.66. The first-order valence-corrected chi connectivity index (χ1v) is 6.17. The van der Waals surface area contributed by atoms with E-state index in [1.54, 1.807) is 0 Å². The van der Waals surface area contributed by atoms with Gasteiger partial charge in [-0.15, -0.1) is 0 Å². The Labute approximate surface area is 96.5 Å². The lowest BCUT2D eigenvalue weighted by Crippen LogP contribution is -2.44. The van der Waals surface area contributed by atoms with Crippen molar-refractivity contribution in [3.8, 4) is 0 Å². The second kappa shape index (κ2) is 3.61. The standard InChI is InChI=1S/C13H17BO2/c15-14(16)11-4-2-10(3-5-11)12-6-9-13(12)7-1-8-13/h2-5,12,15-16H,1,6-9H2. The molecule has 1 spiro atoms. The van der Waals surface area contributed by atoms with Gasteiger partial charge in [-0.25, -0.2) is 0 Å². The zero-order valence-electron chi connectivity index (χ0n) is 9.39. The lowest BCUT2D eigenvalue weighted by molar-refractivity contribution is -0.00196. The Morgan fingerprint density at radius 1 is 1.06 bits per heavy atom. The van der Waals surface area contributed by atoms with Crippen LogP contribution in [0, 0.1) is 5.41 Å². The monoisotopic (exact) mass is 216 g/mol. The van der Waals surface area contributed by atoms with E-state index >= 15 is 0 Å². The lowest BCUT2D eigenvalue weighted by atomic mass is 9.48. The maximum atomic E-state index is 9.04. The summed E-state index contributed by atoms with van der Waals surface area (Å²) in [6.45, 7) is 0. The Balaban J connectivity index is 1.80. The van der Waals surface area contributed by atoms with Crippen LogP contribution in [0.2, 0.25) is 0 Å². The summed E-state index contributed by atoms with van der Waals surface area (Å²) in [7, 11) is -1.34. The van der Waals surface area contributed by atoms with Crippen LogP contribution in [0.3, 0.4) is 0 Å². The van der Waals surface area contributed by atoms with Gasteiger partial charge in [0.25, 0.3) is 0 Å². The van der Waals surface area contributed by atoms with Crippen LogP contribution in [0.25, 0.3) is 0 Å². The fourth-order valence-electron chi connectivity index (χ4n) is 3.35. The molecule has 0 aromatic heterocycles. The highest BCUT2D eigenvalue weighted by atomic mass is 16.4. The van der Waals surface area contributed by atoms with Gasteiger partial charge in [-0.2, -0.15) is 0 Å². The predicted octanol–water partition coefficient (Wildman–Crippen LogP) is 1.41. The Morgan fingerprint density at radius 2 is 1.75 bits per heavy atom. The quantitative estimate of drug-likeness (QED) is 0.734. The minimum atomic E-state index is -1.34. The third-order valence-electron chi connectivity index (χ3n) is 4.66.